The lowest BCUT2D eigenvalue weighted by Crippen LogP contribution is -2.63. The number of fused-ring (bicyclic) bond motifs is 2. The van der Waals surface area contributed by atoms with Gasteiger partial charge in [-0.3, -0.25) is 9.88 Å². The molecule has 3 aromatic heterocycles. The van der Waals surface area contributed by atoms with Gasteiger partial charge in [-0.2, -0.15) is 5.10 Å². The van der Waals surface area contributed by atoms with E-state index in [0.29, 0.717) is 11.6 Å². The van der Waals surface area contributed by atoms with Crippen molar-refractivity contribution in [2.24, 2.45) is 0 Å². The van der Waals surface area contributed by atoms with E-state index in [4.69, 9.17) is 9.72 Å². The van der Waals surface area contributed by atoms with Crippen LogP contribution in [0, 0.1) is 5.82 Å². The van der Waals surface area contributed by atoms with Crippen molar-refractivity contribution in [1.29, 1.82) is 0 Å². The van der Waals surface area contributed by atoms with Gasteiger partial charge in [0.15, 0.2) is 17.2 Å². The molecule has 4 aromatic rings. The molecule has 9 heteroatoms. The smallest absolute Gasteiger partial charge is 0.167 e. The van der Waals surface area contributed by atoms with Crippen LogP contribution in [0.5, 0.6) is 5.75 Å². The van der Waals surface area contributed by atoms with Crippen molar-refractivity contribution in [3.05, 3.63) is 48.8 Å². The fraction of sp³-hybridized carbons (Fsp3) is 0.375. The van der Waals surface area contributed by atoms with Crippen molar-refractivity contribution in [2.45, 2.75) is 6.04 Å². The lowest BCUT2D eigenvalue weighted by Gasteiger charge is -2.48. The highest BCUT2D eigenvalue weighted by atomic mass is 19.1. The highest BCUT2D eigenvalue weighted by Crippen LogP contribution is 2.34. The summed E-state index contributed by atoms with van der Waals surface area (Å²) in [5.74, 6) is -0.238. The molecule has 0 amide bonds. The van der Waals surface area contributed by atoms with Gasteiger partial charge in [0, 0.05) is 68.5 Å². The van der Waals surface area contributed by atoms with Crippen LogP contribution in [0.15, 0.2) is 43.0 Å². The first-order valence-electron chi connectivity index (χ1n) is 11.2. The van der Waals surface area contributed by atoms with Gasteiger partial charge in [-0.25, -0.2) is 13.9 Å². The molecule has 2 saturated heterocycles. The van der Waals surface area contributed by atoms with Crippen molar-refractivity contribution in [3.8, 4) is 16.9 Å². The summed E-state index contributed by atoms with van der Waals surface area (Å²) >= 11 is 0. The predicted molar refractivity (Wildman–Crippen MR) is 125 cm³/mol. The molecule has 0 radical (unpaired) electrons. The number of pyridine rings is 1. The summed E-state index contributed by atoms with van der Waals surface area (Å²) in [5.41, 5.74) is 4.17. The van der Waals surface area contributed by atoms with Crippen LogP contribution in [-0.4, -0.2) is 88.8 Å². The summed E-state index contributed by atoms with van der Waals surface area (Å²) in [7, 11) is 3.65. The van der Waals surface area contributed by atoms with Gasteiger partial charge in [-0.05, 0) is 24.7 Å². The largest absolute Gasteiger partial charge is 0.494 e. The minimum Gasteiger partial charge on any atom is -0.494 e. The molecule has 170 valence electrons. The normalized spacial score (nSPS) is 18.2. The zero-order valence-electron chi connectivity index (χ0n) is 18.8. The number of hydrogen-bond acceptors (Lipinski definition) is 7. The van der Waals surface area contributed by atoms with Gasteiger partial charge in [0.05, 0.1) is 36.9 Å². The first-order chi connectivity index (χ1) is 16.1. The number of anilines is 1. The van der Waals surface area contributed by atoms with Gasteiger partial charge in [-0.15, -0.1) is 0 Å². The quantitative estimate of drug-likeness (QED) is 0.476. The zero-order chi connectivity index (χ0) is 22.5. The van der Waals surface area contributed by atoms with Gasteiger partial charge in [0.2, 0.25) is 0 Å². The SMILES string of the molecule is COc1cc2c(-c3cnn4cc(N5CC(N6CCN(C)CC6)C5)cnc34)ccnc2cc1F. The summed E-state index contributed by atoms with van der Waals surface area (Å²) in [4.78, 5) is 16.4. The van der Waals surface area contributed by atoms with Crippen LogP contribution < -0.4 is 9.64 Å². The van der Waals surface area contributed by atoms with E-state index in [9.17, 15) is 4.39 Å². The van der Waals surface area contributed by atoms with Crippen LogP contribution in [0.3, 0.4) is 0 Å². The standard InChI is InChI=1S/C24H26FN7O/c1-29-5-7-30(8-6-29)17-13-31(14-17)16-11-27-24-20(12-28-32(24)15-16)18-3-4-26-22-10-21(25)23(33-2)9-19(18)22/h3-4,9-12,15,17H,5-8,13-14H2,1-2H3. The number of hydrogen-bond donors (Lipinski definition) is 0. The Hall–Kier alpha value is -3.30. The summed E-state index contributed by atoms with van der Waals surface area (Å²) in [5, 5.41) is 5.37. The first kappa shape index (κ1) is 20.3. The first-order valence-corrected chi connectivity index (χ1v) is 11.2. The molecule has 0 N–H and O–H groups in total. The van der Waals surface area contributed by atoms with Gasteiger partial charge < -0.3 is 14.5 Å². The van der Waals surface area contributed by atoms with E-state index in [2.05, 4.69) is 31.8 Å². The average Bonchev–Trinajstić information content (AvgIpc) is 3.21. The second kappa shape index (κ2) is 7.93. The molecule has 1 aromatic carbocycles. The summed E-state index contributed by atoms with van der Waals surface area (Å²) < 4.78 is 21.2. The molecule has 2 aliphatic rings. The molecule has 0 atom stereocenters. The molecule has 0 saturated carbocycles. The summed E-state index contributed by atoms with van der Waals surface area (Å²) in [6.45, 7) is 6.61. The van der Waals surface area contributed by atoms with Crippen LogP contribution in [0.4, 0.5) is 10.1 Å². The number of ether oxygens (including phenoxy) is 1. The number of nitrogens with zero attached hydrogens (tertiary/aromatic N) is 7. The molecule has 2 fully saturated rings. The van der Waals surface area contributed by atoms with E-state index < -0.39 is 5.82 Å². The van der Waals surface area contributed by atoms with Gasteiger partial charge in [-0.1, -0.05) is 0 Å². The van der Waals surface area contributed by atoms with Crippen molar-refractivity contribution in [1.82, 2.24) is 29.4 Å². The number of methoxy groups -OCH3 is 1. The lowest BCUT2D eigenvalue weighted by atomic mass is 10.0. The third kappa shape index (κ3) is 3.48. The van der Waals surface area contributed by atoms with Crippen molar-refractivity contribution < 1.29 is 9.13 Å². The Morgan fingerprint density at radius 2 is 1.85 bits per heavy atom. The van der Waals surface area contributed by atoms with E-state index in [1.807, 2.05) is 23.0 Å². The second-order valence-corrected chi connectivity index (χ2v) is 8.90. The fourth-order valence-corrected chi connectivity index (χ4v) is 4.84. The fourth-order valence-electron chi connectivity index (χ4n) is 4.84. The predicted octanol–water partition coefficient (Wildman–Crippen LogP) is 2.53. The van der Waals surface area contributed by atoms with E-state index in [-0.39, 0.29) is 5.75 Å². The summed E-state index contributed by atoms with van der Waals surface area (Å²) in [6.07, 6.45) is 7.44. The van der Waals surface area contributed by atoms with Gasteiger partial charge in [0.25, 0.3) is 0 Å². The Balaban J connectivity index is 1.27. The third-order valence-electron chi connectivity index (χ3n) is 6.93. The molecule has 33 heavy (non-hydrogen) atoms. The Morgan fingerprint density at radius 3 is 2.64 bits per heavy atom. The molecule has 0 spiro atoms. The van der Waals surface area contributed by atoms with Crippen LogP contribution in [0.1, 0.15) is 0 Å². The Labute approximate surface area is 191 Å². The second-order valence-electron chi connectivity index (χ2n) is 8.90. The van der Waals surface area contributed by atoms with E-state index in [0.717, 1.165) is 67.1 Å². The monoisotopic (exact) mass is 447 g/mol. The molecule has 6 rings (SSSR count). The van der Waals surface area contributed by atoms with Crippen LogP contribution in [-0.2, 0) is 0 Å². The van der Waals surface area contributed by atoms with Crippen LogP contribution in [0.2, 0.25) is 0 Å². The maximum Gasteiger partial charge on any atom is 0.167 e. The molecule has 0 aliphatic carbocycles. The lowest BCUT2D eigenvalue weighted by molar-refractivity contribution is 0.0963. The topological polar surface area (TPSA) is 62.0 Å². The zero-order valence-corrected chi connectivity index (χ0v) is 18.8. The van der Waals surface area contributed by atoms with Gasteiger partial charge in [0.1, 0.15) is 0 Å². The highest BCUT2D eigenvalue weighted by molar-refractivity contribution is 5.98. The maximum atomic E-state index is 14.2. The number of likely N-dealkylation sites (N-methyl/N-ethyl adjacent to an activating group) is 1. The number of benzene rings is 1. The minimum atomic E-state index is -0.429. The Bertz CT molecular complexity index is 1330. The maximum absolute atomic E-state index is 14.2. The third-order valence-corrected chi connectivity index (χ3v) is 6.93. The van der Waals surface area contributed by atoms with E-state index in [1.54, 1.807) is 18.5 Å². The average molecular weight is 448 g/mol. The van der Waals surface area contributed by atoms with Crippen LogP contribution in [0.25, 0.3) is 27.7 Å². The number of piperazine rings is 1. The highest BCUT2D eigenvalue weighted by Gasteiger charge is 2.33. The molecule has 2 aliphatic heterocycles. The molecule has 5 heterocycles. The molecule has 0 unspecified atom stereocenters. The number of aromatic nitrogens is 4. The van der Waals surface area contributed by atoms with Gasteiger partial charge >= 0.3 is 0 Å². The van der Waals surface area contributed by atoms with Crippen molar-refractivity contribution >= 4 is 22.2 Å². The number of rotatable bonds is 4. The molecular weight excluding hydrogens is 421 g/mol. The molecular formula is C24H26FN7O. The molecule has 0 bridgehead atoms. The van der Waals surface area contributed by atoms with Crippen molar-refractivity contribution in [3.63, 3.8) is 0 Å². The number of halogens is 1. The van der Waals surface area contributed by atoms with Crippen LogP contribution >= 0.6 is 0 Å². The van der Waals surface area contributed by atoms with E-state index in [1.165, 1.54) is 13.2 Å². The Kier molecular flexibility index (Phi) is 4.88. The van der Waals surface area contributed by atoms with Crippen molar-refractivity contribution in [2.75, 3.05) is 58.3 Å². The van der Waals surface area contributed by atoms with E-state index >= 15 is 0 Å². The summed E-state index contributed by atoms with van der Waals surface area (Å²) in [6, 6.07) is 5.60. The molecule has 8 nitrogen and oxygen atoms in total. The minimum absolute atomic E-state index is 0.191. The Morgan fingerprint density at radius 1 is 1.03 bits per heavy atom.